The molecule has 0 aliphatic carbocycles. The minimum absolute atomic E-state index is 0.100. The van der Waals surface area contributed by atoms with Crippen LogP contribution in [0.1, 0.15) is 297 Å². The minimum atomic E-state index is -0.806. The lowest BCUT2D eigenvalue weighted by Gasteiger charge is -2.18. The molecule has 0 aromatic carbocycles. The standard InChI is InChI=1S/C72H120O6/c1-4-7-10-13-16-19-22-24-26-28-30-32-33-34-35-36-37-38-39-40-42-43-45-47-50-53-56-59-62-65-71(74)77-68-69(67-76-70(73)64-61-58-55-52-49-21-18-15-12-9-6-3)78-72(75)66-63-60-57-54-51-48-46-44-41-31-29-27-25-23-20-17-14-11-8-5-2/h7,10,15-16,18-19,24,26,30,32,34-35,37-38,40,42,45,47,53,56,69H,4-6,8-9,11-14,17,20-23,25,27-29,31,33,36,39,41,43-44,46,48-52,54-55,57-68H2,1-3H3/b10-7-,18-15-,19-16-,26-24-,32-30-,35-34-,38-37-,42-40-,47-45-,56-53-. The SMILES string of the molecule is CC/C=C\C/C=C\C/C=C\C/C=C\C/C=C\C/C=C\C/C=C\C/C=C\C/C=C\CCCC(=O)OCC(COC(=O)CCCCCCC/C=C\CCCC)OC(=O)CCCCCCCCCCCCCCCCCCCCCC. The molecule has 1 unspecified atom stereocenters. The van der Waals surface area contributed by atoms with Crippen molar-refractivity contribution in [1.82, 2.24) is 0 Å². The van der Waals surface area contributed by atoms with E-state index in [1.54, 1.807) is 0 Å². The van der Waals surface area contributed by atoms with Gasteiger partial charge in [-0.15, -0.1) is 0 Å². The van der Waals surface area contributed by atoms with Crippen molar-refractivity contribution in [1.29, 1.82) is 0 Å². The van der Waals surface area contributed by atoms with Crippen LogP contribution in [-0.2, 0) is 28.6 Å². The lowest BCUT2D eigenvalue weighted by Crippen LogP contribution is -2.30. The summed E-state index contributed by atoms with van der Waals surface area (Å²) in [5, 5.41) is 0. The number of carbonyl (C=O) groups excluding carboxylic acids is 3. The average molecular weight is 1080 g/mol. The molecule has 0 spiro atoms. The highest BCUT2D eigenvalue weighted by Crippen LogP contribution is 2.16. The highest BCUT2D eigenvalue weighted by molar-refractivity contribution is 5.71. The first kappa shape index (κ1) is 73.8. The van der Waals surface area contributed by atoms with Gasteiger partial charge in [-0.25, -0.2) is 0 Å². The lowest BCUT2D eigenvalue weighted by atomic mass is 10.0. The topological polar surface area (TPSA) is 78.9 Å². The number of rotatable bonds is 58. The molecule has 0 aromatic heterocycles. The quantitative estimate of drug-likeness (QED) is 0.0261. The Morgan fingerprint density at radius 1 is 0.269 bits per heavy atom. The third-order valence-electron chi connectivity index (χ3n) is 13.7. The van der Waals surface area contributed by atoms with Crippen LogP contribution < -0.4 is 0 Å². The summed E-state index contributed by atoms with van der Waals surface area (Å²) < 4.78 is 16.8. The first-order valence-corrected chi connectivity index (χ1v) is 32.5. The van der Waals surface area contributed by atoms with E-state index in [1.807, 2.05) is 0 Å². The summed E-state index contributed by atoms with van der Waals surface area (Å²) in [6.45, 7) is 6.45. The monoisotopic (exact) mass is 1080 g/mol. The van der Waals surface area contributed by atoms with Crippen LogP contribution in [0, 0.1) is 0 Å². The van der Waals surface area contributed by atoms with E-state index in [2.05, 4.69) is 142 Å². The summed E-state index contributed by atoms with van der Waals surface area (Å²) in [4.78, 5) is 38.2. The summed E-state index contributed by atoms with van der Waals surface area (Å²) >= 11 is 0. The molecule has 6 heteroatoms. The zero-order valence-corrected chi connectivity index (χ0v) is 50.9. The van der Waals surface area contributed by atoms with Crippen LogP contribution in [-0.4, -0.2) is 37.2 Å². The van der Waals surface area contributed by atoms with Gasteiger partial charge in [-0.1, -0.05) is 296 Å². The molecule has 0 heterocycles. The Hall–Kier alpha value is -4.19. The normalized spacial score (nSPS) is 12.9. The van der Waals surface area contributed by atoms with Gasteiger partial charge in [0.15, 0.2) is 6.10 Å². The number of unbranched alkanes of at least 4 members (excludes halogenated alkanes) is 27. The molecule has 444 valence electrons. The van der Waals surface area contributed by atoms with E-state index < -0.39 is 6.10 Å². The fraction of sp³-hybridized carbons (Fsp3) is 0.681. The fourth-order valence-electron chi connectivity index (χ4n) is 8.84. The third kappa shape index (κ3) is 62.7. The van der Waals surface area contributed by atoms with Gasteiger partial charge in [0.05, 0.1) is 0 Å². The molecule has 0 N–H and O–H groups in total. The number of allylic oxidation sites excluding steroid dienone is 20. The molecule has 0 aliphatic rings. The Kier molecular flexibility index (Phi) is 61.8. The van der Waals surface area contributed by atoms with E-state index in [1.165, 1.54) is 135 Å². The molecular formula is C72H120O6. The van der Waals surface area contributed by atoms with Crippen molar-refractivity contribution in [3.63, 3.8) is 0 Å². The van der Waals surface area contributed by atoms with Gasteiger partial charge in [-0.05, 0) is 103 Å². The number of carbonyl (C=O) groups is 3. The molecule has 0 rings (SSSR count). The van der Waals surface area contributed by atoms with Gasteiger partial charge in [0, 0.05) is 19.3 Å². The molecule has 0 aromatic rings. The van der Waals surface area contributed by atoms with Crippen molar-refractivity contribution in [2.24, 2.45) is 0 Å². The van der Waals surface area contributed by atoms with Crippen LogP contribution in [0.5, 0.6) is 0 Å². The summed E-state index contributed by atoms with van der Waals surface area (Å²) in [6, 6.07) is 0. The maximum absolute atomic E-state index is 12.9. The van der Waals surface area contributed by atoms with Crippen molar-refractivity contribution in [2.45, 2.75) is 303 Å². The highest BCUT2D eigenvalue weighted by atomic mass is 16.6. The average Bonchev–Trinajstić information content (AvgIpc) is 3.44. The van der Waals surface area contributed by atoms with Crippen LogP contribution >= 0.6 is 0 Å². The van der Waals surface area contributed by atoms with Crippen molar-refractivity contribution in [3.8, 4) is 0 Å². The van der Waals surface area contributed by atoms with Gasteiger partial charge >= 0.3 is 17.9 Å². The molecule has 78 heavy (non-hydrogen) atoms. The predicted molar refractivity (Wildman–Crippen MR) is 339 cm³/mol. The second-order valence-electron chi connectivity index (χ2n) is 21.3. The Bertz CT molecular complexity index is 1620. The summed E-state index contributed by atoms with van der Waals surface area (Å²) in [5.41, 5.74) is 0. The number of ether oxygens (including phenoxy) is 3. The van der Waals surface area contributed by atoms with Gasteiger partial charge in [0.25, 0.3) is 0 Å². The molecular weight excluding hydrogens is 961 g/mol. The second kappa shape index (κ2) is 65.3. The van der Waals surface area contributed by atoms with Crippen LogP contribution in [0.15, 0.2) is 122 Å². The molecule has 0 aliphatic heterocycles. The maximum atomic E-state index is 12.9. The van der Waals surface area contributed by atoms with E-state index in [0.717, 1.165) is 116 Å². The van der Waals surface area contributed by atoms with Crippen molar-refractivity contribution >= 4 is 17.9 Å². The summed E-state index contributed by atoms with van der Waals surface area (Å²) in [5.74, 6) is -0.965. The molecule has 0 saturated carbocycles. The predicted octanol–water partition coefficient (Wildman–Crippen LogP) is 22.4. The number of hydrogen-bond acceptors (Lipinski definition) is 6. The van der Waals surface area contributed by atoms with Gasteiger partial charge in [-0.3, -0.25) is 14.4 Å². The van der Waals surface area contributed by atoms with Crippen molar-refractivity contribution in [3.05, 3.63) is 122 Å². The Morgan fingerprint density at radius 3 is 0.885 bits per heavy atom. The fourth-order valence-corrected chi connectivity index (χ4v) is 8.84. The maximum Gasteiger partial charge on any atom is 0.306 e. The minimum Gasteiger partial charge on any atom is -0.462 e. The molecule has 0 fully saturated rings. The van der Waals surface area contributed by atoms with E-state index in [-0.39, 0.29) is 37.5 Å². The number of esters is 3. The third-order valence-corrected chi connectivity index (χ3v) is 13.7. The van der Waals surface area contributed by atoms with Gasteiger partial charge < -0.3 is 14.2 Å². The van der Waals surface area contributed by atoms with E-state index in [9.17, 15) is 14.4 Å². The van der Waals surface area contributed by atoms with Crippen molar-refractivity contribution < 1.29 is 28.6 Å². The zero-order valence-electron chi connectivity index (χ0n) is 50.9. The molecule has 6 nitrogen and oxygen atoms in total. The van der Waals surface area contributed by atoms with Crippen LogP contribution in [0.2, 0.25) is 0 Å². The highest BCUT2D eigenvalue weighted by Gasteiger charge is 2.19. The van der Waals surface area contributed by atoms with Gasteiger partial charge in [-0.2, -0.15) is 0 Å². The van der Waals surface area contributed by atoms with Crippen LogP contribution in [0.4, 0.5) is 0 Å². The largest absolute Gasteiger partial charge is 0.462 e. The summed E-state index contributed by atoms with van der Waals surface area (Å²) in [6.07, 6.45) is 90.8. The van der Waals surface area contributed by atoms with Gasteiger partial charge in [0.2, 0.25) is 0 Å². The Morgan fingerprint density at radius 2 is 0.526 bits per heavy atom. The Labute approximate surface area is 482 Å². The molecule has 1 atom stereocenters. The molecule has 0 radical (unpaired) electrons. The Balaban J connectivity index is 4.38. The summed E-state index contributed by atoms with van der Waals surface area (Å²) in [7, 11) is 0. The smallest absolute Gasteiger partial charge is 0.306 e. The van der Waals surface area contributed by atoms with E-state index in [0.29, 0.717) is 19.3 Å². The first-order chi connectivity index (χ1) is 38.5. The van der Waals surface area contributed by atoms with Crippen LogP contribution in [0.25, 0.3) is 0 Å². The lowest BCUT2D eigenvalue weighted by molar-refractivity contribution is -0.167. The van der Waals surface area contributed by atoms with E-state index in [4.69, 9.17) is 14.2 Å². The second-order valence-corrected chi connectivity index (χ2v) is 21.3. The van der Waals surface area contributed by atoms with E-state index >= 15 is 0 Å². The zero-order chi connectivity index (χ0) is 56.4. The molecule has 0 bridgehead atoms. The first-order valence-electron chi connectivity index (χ1n) is 32.5. The molecule has 0 amide bonds. The van der Waals surface area contributed by atoms with Crippen molar-refractivity contribution in [2.75, 3.05) is 13.2 Å². The number of hydrogen-bond donors (Lipinski definition) is 0. The van der Waals surface area contributed by atoms with Crippen LogP contribution in [0.3, 0.4) is 0 Å². The molecule has 0 saturated heterocycles. The van der Waals surface area contributed by atoms with Gasteiger partial charge in [0.1, 0.15) is 13.2 Å².